The SMILES string of the molecule is CCCCSc1nnc2c(n1)O[C@@H](c1ccc(C(=O)[O-])cc1)Nc1ccc(Br)cc1-2. The number of unbranched alkanes of at least 4 members (excludes halogenated alkanes) is 1. The lowest BCUT2D eigenvalue weighted by molar-refractivity contribution is -0.255. The average Bonchev–Trinajstić information content (AvgIpc) is 2.90. The number of carbonyl (C=O) groups is 1. The number of carbonyl (C=O) groups excluding carboxylic acids is 1. The van der Waals surface area contributed by atoms with Crippen molar-refractivity contribution >= 4 is 39.3 Å². The molecule has 4 rings (SSSR count). The summed E-state index contributed by atoms with van der Waals surface area (Å²) < 4.78 is 7.09. The summed E-state index contributed by atoms with van der Waals surface area (Å²) >= 11 is 5.05. The van der Waals surface area contributed by atoms with Crippen LogP contribution in [-0.2, 0) is 0 Å². The van der Waals surface area contributed by atoms with Crippen LogP contribution in [0.2, 0.25) is 0 Å². The van der Waals surface area contributed by atoms with E-state index in [1.54, 1.807) is 23.9 Å². The number of nitrogens with one attached hydrogen (secondary N) is 1. The zero-order valence-electron chi connectivity index (χ0n) is 16.1. The van der Waals surface area contributed by atoms with Gasteiger partial charge in [-0.2, -0.15) is 4.98 Å². The third kappa shape index (κ3) is 4.41. The van der Waals surface area contributed by atoms with Gasteiger partial charge in [0.2, 0.25) is 11.0 Å². The van der Waals surface area contributed by atoms with E-state index in [0.717, 1.165) is 39.9 Å². The van der Waals surface area contributed by atoms with Crippen LogP contribution in [0, 0.1) is 0 Å². The molecular formula is C21H18BrN4O3S-. The Bertz CT molecular complexity index is 1080. The summed E-state index contributed by atoms with van der Waals surface area (Å²) in [6.07, 6.45) is 1.58. The first-order chi connectivity index (χ1) is 14.5. The Labute approximate surface area is 186 Å². The highest BCUT2D eigenvalue weighted by Crippen LogP contribution is 2.40. The molecule has 7 nitrogen and oxygen atoms in total. The van der Waals surface area contributed by atoms with E-state index in [9.17, 15) is 9.90 Å². The molecule has 30 heavy (non-hydrogen) atoms. The Kier molecular flexibility index (Phi) is 6.19. The van der Waals surface area contributed by atoms with Gasteiger partial charge < -0.3 is 20.0 Å². The summed E-state index contributed by atoms with van der Waals surface area (Å²) in [6.45, 7) is 2.14. The molecule has 0 amide bonds. The molecule has 2 heterocycles. The number of carboxylic acids is 1. The summed E-state index contributed by atoms with van der Waals surface area (Å²) in [5.74, 6) is 0.0655. The molecule has 1 aliphatic heterocycles. The summed E-state index contributed by atoms with van der Waals surface area (Å²) in [5.41, 5.74) is 3.04. The number of nitrogens with zero attached hydrogens (tertiary/aromatic N) is 3. The van der Waals surface area contributed by atoms with Gasteiger partial charge >= 0.3 is 0 Å². The highest BCUT2D eigenvalue weighted by atomic mass is 79.9. The van der Waals surface area contributed by atoms with Crippen LogP contribution < -0.4 is 15.2 Å². The van der Waals surface area contributed by atoms with Crippen LogP contribution in [0.3, 0.4) is 0 Å². The molecule has 0 radical (unpaired) electrons. The quantitative estimate of drug-likeness (QED) is 0.412. The number of ether oxygens (including phenoxy) is 1. The fourth-order valence-electron chi connectivity index (χ4n) is 2.98. The number of fused-ring (bicyclic) bond motifs is 3. The van der Waals surface area contributed by atoms with Crippen LogP contribution in [0.1, 0.15) is 41.9 Å². The van der Waals surface area contributed by atoms with Gasteiger partial charge in [0, 0.05) is 27.0 Å². The Morgan fingerprint density at radius 3 is 2.77 bits per heavy atom. The largest absolute Gasteiger partial charge is 0.545 e. The topological polar surface area (TPSA) is 100 Å². The predicted molar refractivity (Wildman–Crippen MR) is 116 cm³/mol. The molecule has 1 aromatic heterocycles. The molecule has 0 aliphatic carbocycles. The number of halogens is 1. The number of rotatable bonds is 6. The maximum absolute atomic E-state index is 11.1. The van der Waals surface area contributed by atoms with Crippen molar-refractivity contribution in [1.82, 2.24) is 15.2 Å². The van der Waals surface area contributed by atoms with E-state index < -0.39 is 12.2 Å². The minimum atomic E-state index is -1.22. The second-order valence-corrected chi connectivity index (χ2v) is 8.67. The molecule has 2 aromatic carbocycles. The van der Waals surface area contributed by atoms with Crippen molar-refractivity contribution < 1.29 is 14.6 Å². The number of aromatic carboxylic acids is 1. The molecule has 0 spiro atoms. The Morgan fingerprint density at radius 1 is 1.23 bits per heavy atom. The molecule has 0 bridgehead atoms. The Hall–Kier alpha value is -2.65. The van der Waals surface area contributed by atoms with Gasteiger partial charge in [-0.25, -0.2) is 0 Å². The van der Waals surface area contributed by atoms with Crippen LogP contribution in [0.4, 0.5) is 5.69 Å². The van der Waals surface area contributed by atoms with Crippen molar-refractivity contribution in [1.29, 1.82) is 0 Å². The molecule has 3 aromatic rings. The van der Waals surface area contributed by atoms with Gasteiger partial charge in [0.05, 0.1) is 5.97 Å². The van der Waals surface area contributed by atoms with Crippen molar-refractivity contribution in [3.63, 3.8) is 0 Å². The number of benzene rings is 2. The molecular weight excluding hydrogens is 468 g/mol. The molecule has 0 saturated carbocycles. The van der Waals surface area contributed by atoms with Gasteiger partial charge in [0.15, 0.2) is 11.9 Å². The van der Waals surface area contributed by atoms with E-state index in [2.05, 4.69) is 43.4 Å². The third-order valence-electron chi connectivity index (χ3n) is 4.57. The molecule has 9 heteroatoms. The minimum absolute atomic E-state index is 0.107. The van der Waals surface area contributed by atoms with Crippen LogP contribution in [0.25, 0.3) is 11.3 Å². The van der Waals surface area contributed by atoms with E-state index in [4.69, 9.17) is 4.74 Å². The van der Waals surface area contributed by atoms with Gasteiger partial charge in [-0.05, 0) is 30.2 Å². The number of hydrogen-bond acceptors (Lipinski definition) is 8. The highest BCUT2D eigenvalue weighted by Gasteiger charge is 2.26. The first-order valence-electron chi connectivity index (χ1n) is 9.47. The number of aromatic nitrogens is 3. The van der Waals surface area contributed by atoms with Crippen LogP contribution in [0.15, 0.2) is 52.1 Å². The maximum Gasteiger partial charge on any atom is 0.247 e. The molecule has 1 N–H and O–H groups in total. The number of hydrogen-bond donors (Lipinski definition) is 1. The van der Waals surface area contributed by atoms with E-state index >= 15 is 0 Å². The smallest absolute Gasteiger partial charge is 0.247 e. The van der Waals surface area contributed by atoms with Gasteiger partial charge in [-0.3, -0.25) is 0 Å². The zero-order chi connectivity index (χ0) is 21.1. The molecule has 0 fully saturated rings. The summed E-state index contributed by atoms with van der Waals surface area (Å²) in [6, 6.07) is 12.2. The lowest BCUT2D eigenvalue weighted by Crippen LogP contribution is -2.22. The van der Waals surface area contributed by atoms with Crippen molar-refractivity contribution in [3.8, 4) is 17.1 Å². The minimum Gasteiger partial charge on any atom is -0.545 e. The maximum atomic E-state index is 11.1. The van der Waals surface area contributed by atoms with Crippen molar-refractivity contribution in [3.05, 3.63) is 58.1 Å². The normalized spacial score (nSPS) is 14.7. The molecule has 1 aliphatic rings. The van der Waals surface area contributed by atoms with E-state index in [0.29, 0.717) is 16.7 Å². The van der Waals surface area contributed by atoms with Gasteiger partial charge in [0.25, 0.3) is 0 Å². The van der Waals surface area contributed by atoms with Crippen molar-refractivity contribution in [2.24, 2.45) is 0 Å². The number of carboxylic acid groups (broad SMARTS) is 1. The molecule has 154 valence electrons. The Morgan fingerprint density at radius 2 is 2.03 bits per heavy atom. The lowest BCUT2D eigenvalue weighted by Gasteiger charge is -2.19. The molecule has 0 saturated heterocycles. The number of anilines is 1. The average molecular weight is 486 g/mol. The monoisotopic (exact) mass is 485 g/mol. The van der Waals surface area contributed by atoms with E-state index in [-0.39, 0.29) is 5.56 Å². The summed E-state index contributed by atoms with van der Waals surface area (Å²) in [7, 11) is 0. The Balaban J connectivity index is 1.74. The second-order valence-electron chi connectivity index (χ2n) is 6.69. The fraction of sp³-hybridized carbons (Fsp3) is 0.238. The first kappa shape index (κ1) is 20.6. The number of thioether (sulfide) groups is 1. The van der Waals surface area contributed by atoms with Crippen LogP contribution in [0.5, 0.6) is 5.88 Å². The van der Waals surface area contributed by atoms with Crippen molar-refractivity contribution in [2.45, 2.75) is 31.1 Å². The van der Waals surface area contributed by atoms with E-state index in [1.165, 1.54) is 12.1 Å². The summed E-state index contributed by atoms with van der Waals surface area (Å²) in [5, 5.41) is 23.6. The van der Waals surface area contributed by atoms with Gasteiger partial charge in [0.1, 0.15) is 0 Å². The highest BCUT2D eigenvalue weighted by molar-refractivity contribution is 9.10. The predicted octanol–water partition coefficient (Wildman–Crippen LogP) is 4.06. The molecule has 0 unspecified atom stereocenters. The van der Waals surface area contributed by atoms with Gasteiger partial charge in [-0.15, -0.1) is 10.2 Å². The third-order valence-corrected chi connectivity index (χ3v) is 5.98. The lowest BCUT2D eigenvalue weighted by atomic mass is 10.1. The first-order valence-corrected chi connectivity index (χ1v) is 11.2. The van der Waals surface area contributed by atoms with E-state index in [1.807, 2.05) is 18.2 Å². The molecule has 1 atom stereocenters. The zero-order valence-corrected chi connectivity index (χ0v) is 18.5. The van der Waals surface area contributed by atoms with Gasteiger partial charge in [-0.1, -0.05) is 65.3 Å². The van der Waals surface area contributed by atoms with Crippen LogP contribution in [-0.4, -0.2) is 26.9 Å². The fourth-order valence-corrected chi connectivity index (χ4v) is 4.21. The van der Waals surface area contributed by atoms with Crippen molar-refractivity contribution in [2.75, 3.05) is 11.1 Å². The second kappa shape index (κ2) is 9.01. The summed E-state index contributed by atoms with van der Waals surface area (Å²) in [4.78, 5) is 15.7. The standard InChI is InChI=1S/C21H19BrN4O3S/c1-2-3-10-30-21-24-19-17(25-26-21)15-11-14(22)8-9-16(15)23-18(29-19)12-4-6-13(7-5-12)20(27)28/h4-9,11,18,23H,2-3,10H2,1H3,(H,27,28)/p-1/t18-/m0/s1. The van der Waals surface area contributed by atoms with Crippen LogP contribution >= 0.6 is 27.7 Å².